The molecule has 0 N–H and O–H groups in total. The van der Waals surface area contributed by atoms with Gasteiger partial charge in [-0.05, 0) is 18.2 Å². The van der Waals surface area contributed by atoms with E-state index in [1.54, 1.807) is 7.11 Å². The van der Waals surface area contributed by atoms with Gasteiger partial charge < -0.3 is 9.64 Å². The Bertz CT molecular complexity index is 450. The van der Waals surface area contributed by atoms with Crippen LogP contribution in [0.2, 0.25) is 5.02 Å². The highest BCUT2D eigenvalue weighted by molar-refractivity contribution is 6.30. The molecule has 1 aromatic rings. The van der Waals surface area contributed by atoms with E-state index in [1.807, 2.05) is 18.2 Å². The van der Waals surface area contributed by atoms with Crippen molar-refractivity contribution in [3.63, 3.8) is 0 Å². The van der Waals surface area contributed by atoms with E-state index in [9.17, 15) is 0 Å². The van der Waals surface area contributed by atoms with Crippen LogP contribution in [0.5, 0.6) is 5.75 Å². The first-order valence-corrected chi connectivity index (χ1v) is 6.30. The molecule has 5 heteroatoms. The molecule has 1 aromatic carbocycles. The minimum Gasteiger partial charge on any atom is -0.495 e. The Morgan fingerprint density at radius 1 is 1.33 bits per heavy atom. The topological polar surface area (TPSA) is 39.5 Å². The summed E-state index contributed by atoms with van der Waals surface area (Å²) in [6, 6.07) is 7.83. The Morgan fingerprint density at radius 3 is 2.67 bits per heavy atom. The van der Waals surface area contributed by atoms with E-state index in [4.69, 9.17) is 21.6 Å². The van der Waals surface area contributed by atoms with Gasteiger partial charge in [-0.1, -0.05) is 11.6 Å². The molecule has 0 aliphatic carbocycles. The minimum atomic E-state index is 0.501. The number of benzene rings is 1. The highest BCUT2D eigenvalue weighted by Gasteiger charge is 2.19. The summed E-state index contributed by atoms with van der Waals surface area (Å²) in [5, 5.41) is 9.39. The molecule has 1 fully saturated rings. The smallest absolute Gasteiger partial charge is 0.142 e. The number of rotatable bonds is 3. The summed E-state index contributed by atoms with van der Waals surface area (Å²) in [4.78, 5) is 4.39. The van der Waals surface area contributed by atoms with Gasteiger partial charge in [0, 0.05) is 31.2 Å². The number of ether oxygens (including phenoxy) is 1. The highest BCUT2D eigenvalue weighted by Crippen LogP contribution is 2.31. The predicted octanol–water partition coefficient (Wildman–Crippen LogP) is 1.99. The SMILES string of the molecule is COc1ccc(Cl)cc1N1CCN(CC#N)CC1. The molecule has 1 heterocycles. The van der Waals surface area contributed by atoms with Crippen LogP contribution in [-0.2, 0) is 0 Å². The Labute approximate surface area is 112 Å². The van der Waals surface area contributed by atoms with E-state index < -0.39 is 0 Å². The van der Waals surface area contributed by atoms with Gasteiger partial charge in [0.15, 0.2) is 0 Å². The van der Waals surface area contributed by atoms with Crippen LogP contribution >= 0.6 is 11.6 Å². The van der Waals surface area contributed by atoms with Crippen LogP contribution < -0.4 is 9.64 Å². The van der Waals surface area contributed by atoms with E-state index in [0.29, 0.717) is 11.6 Å². The van der Waals surface area contributed by atoms with Crippen LogP contribution in [0.3, 0.4) is 0 Å². The van der Waals surface area contributed by atoms with Gasteiger partial charge in [0.25, 0.3) is 0 Å². The maximum Gasteiger partial charge on any atom is 0.142 e. The summed E-state index contributed by atoms with van der Waals surface area (Å²) in [6.45, 7) is 4.06. The van der Waals surface area contributed by atoms with Gasteiger partial charge >= 0.3 is 0 Å². The number of anilines is 1. The fraction of sp³-hybridized carbons (Fsp3) is 0.462. The molecule has 96 valence electrons. The van der Waals surface area contributed by atoms with E-state index in [2.05, 4.69) is 15.9 Å². The number of nitriles is 1. The third-order valence-corrected chi connectivity index (χ3v) is 3.38. The number of hydrogen-bond acceptors (Lipinski definition) is 4. The highest BCUT2D eigenvalue weighted by atomic mass is 35.5. The van der Waals surface area contributed by atoms with Crippen molar-refractivity contribution in [2.45, 2.75) is 0 Å². The fourth-order valence-electron chi connectivity index (χ4n) is 2.16. The maximum atomic E-state index is 8.68. The van der Waals surface area contributed by atoms with Crippen LogP contribution in [0, 0.1) is 11.3 Å². The molecule has 0 atom stereocenters. The van der Waals surface area contributed by atoms with Crippen molar-refractivity contribution in [2.24, 2.45) is 0 Å². The zero-order valence-corrected chi connectivity index (χ0v) is 11.2. The molecule has 0 saturated carbocycles. The first-order chi connectivity index (χ1) is 8.74. The standard InChI is InChI=1S/C13H16ClN3O/c1-18-13-3-2-11(14)10-12(13)17-8-6-16(5-4-15)7-9-17/h2-3,10H,5-9H2,1H3. The van der Waals surface area contributed by atoms with Crippen LogP contribution in [0.15, 0.2) is 18.2 Å². The monoisotopic (exact) mass is 265 g/mol. The maximum absolute atomic E-state index is 8.68. The molecule has 0 aromatic heterocycles. The third-order valence-electron chi connectivity index (χ3n) is 3.15. The zero-order valence-electron chi connectivity index (χ0n) is 10.4. The van der Waals surface area contributed by atoms with Crippen LogP contribution in [0.4, 0.5) is 5.69 Å². The molecular weight excluding hydrogens is 250 g/mol. The summed E-state index contributed by atoms with van der Waals surface area (Å²) in [5.74, 6) is 0.841. The third kappa shape index (κ3) is 2.87. The van der Waals surface area contributed by atoms with Gasteiger partial charge in [-0.2, -0.15) is 5.26 Å². The molecule has 0 spiro atoms. The predicted molar refractivity (Wildman–Crippen MR) is 72.3 cm³/mol. The molecule has 0 bridgehead atoms. The Morgan fingerprint density at radius 2 is 2.06 bits per heavy atom. The molecular formula is C13H16ClN3O. The Kier molecular flexibility index (Phi) is 4.29. The lowest BCUT2D eigenvalue weighted by Gasteiger charge is -2.35. The fourth-order valence-corrected chi connectivity index (χ4v) is 2.32. The van der Waals surface area contributed by atoms with Crippen molar-refractivity contribution in [1.29, 1.82) is 5.26 Å². The first kappa shape index (κ1) is 13.0. The van der Waals surface area contributed by atoms with E-state index in [1.165, 1.54) is 0 Å². The van der Waals surface area contributed by atoms with Gasteiger partial charge in [-0.3, -0.25) is 4.90 Å². The summed E-state index contributed by atoms with van der Waals surface area (Å²) >= 11 is 6.04. The number of piperazine rings is 1. The Balaban J connectivity index is 2.09. The molecule has 0 radical (unpaired) electrons. The molecule has 4 nitrogen and oxygen atoms in total. The largest absolute Gasteiger partial charge is 0.495 e. The Hall–Kier alpha value is -1.44. The van der Waals surface area contributed by atoms with E-state index >= 15 is 0 Å². The lowest BCUT2D eigenvalue weighted by Crippen LogP contribution is -2.46. The van der Waals surface area contributed by atoms with Crippen LogP contribution in [0.1, 0.15) is 0 Å². The minimum absolute atomic E-state index is 0.501. The normalized spacial score (nSPS) is 16.4. The van der Waals surface area contributed by atoms with Crippen molar-refractivity contribution in [1.82, 2.24) is 4.90 Å². The summed E-state index contributed by atoms with van der Waals surface area (Å²) < 4.78 is 5.36. The van der Waals surface area contributed by atoms with Gasteiger partial charge in [0.1, 0.15) is 5.75 Å². The summed E-state index contributed by atoms with van der Waals surface area (Å²) in [6.07, 6.45) is 0. The number of halogens is 1. The van der Waals surface area contributed by atoms with E-state index in [0.717, 1.165) is 37.6 Å². The molecule has 18 heavy (non-hydrogen) atoms. The molecule has 2 rings (SSSR count). The molecule has 1 aliphatic heterocycles. The van der Waals surface area contributed by atoms with Crippen molar-refractivity contribution in [3.05, 3.63) is 23.2 Å². The van der Waals surface area contributed by atoms with Gasteiger partial charge in [-0.15, -0.1) is 0 Å². The second-order valence-electron chi connectivity index (χ2n) is 4.24. The van der Waals surface area contributed by atoms with Crippen LogP contribution in [0.25, 0.3) is 0 Å². The average Bonchev–Trinajstić information content (AvgIpc) is 2.40. The van der Waals surface area contributed by atoms with Crippen molar-refractivity contribution in [2.75, 3.05) is 44.7 Å². The van der Waals surface area contributed by atoms with Crippen molar-refractivity contribution >= 4 is 17.3 Å². The first-order valence-electron chi connectivity index (χ1n) is 5.92. The molecule has 1 aliphatic rings. The summed E-state index contributed by atoms with van der Waals surface area (Å²) in [7, 11) is 1.67. The lowest BCUT2D eigenvalue weighted by atomic mass is 10.2. The van der Waals surface area contributed by atoms with Crippen molar-refractivity contribution in [3.8, 4) is 11.8 Å². The quantitative estimate of drug-likeness (QED) is 0.784. The van der Waals surface area contributed by atoms with Crippen LogP contribution in [-0.4, -0.2) is 44.7 Å². The van der Waals surface area contributed by atoms with E-state index in [-0.39, 0.29) is 0 Å². The second-order valence-corrected chi connectivity index (χ2v) is 4.67. The van der Waals surface area contributed by atoms with Crippen molar-refractivity contribution < 1.29 is 4.74 Å². The average molecular weight is 266 g/mol. The molecule has 0 unspecified atom stereocenters. The van der Waals surface area contributed by atoms with Gasteiger partial charge in [0.05, 0.1) is 25.4 Å². The zero-order chi connectivity index (χ0) is 13.0. The molecule has 1 saturated heterocycles. The number of methoxy groups -OCH3 is 1. The lowest BCUT2D eigenvalue weighted by molar-refractivity contribution is 0.286. The van der Waals surface area contributed by atoms with Gasteiger partial charge in [0.2, 0.25) is 0 Å². The van der Waals surface area contributed by atoms with Gasteiger partial charge in [-0.25, -0.2) is 0 Å². The summed E-state index contributed by atoms with van der Waals surface area (Å²) in [5.41, 5.74) is 1.03. The number of nitrogens with zero attached hydrogens (tertiary/aromatic N) is 3. The second kappa shape index (κ2) is 5.94. The molecule has 0 amide bonds. The number of hydrogen-bond donors (Lipinski definition) is 0.